The van der Waals surface area contributed by atoms with E-state index in [0.29, 0.717) is 85.1 Å². The van der Waals surface area contributed by atoms with E-state index in [1.165, 1.54) is 33.3 Å². The van der Waals surface area contributed by atoms with Gasteiger partial charge in [-0.25, -0.2) is 44.9 Å². The fraction of sp³-hybridized carbons (Fsp3) is 0.203. The van der Waals surface area contributed by atoms with Crippen molar-refractivity contribution in [2.45, 2.75) is 28.2 Å². The van der Waals surface area contributed by atoms with Crippen LogP contribution in [0.4, 0.5) is 63.2 Å². The van der Waals surface area contributed by atoms with Gasteiger partial charge in [0.1, 0.15) is 34.2 Å². The minimum absolute atomic E-state index is 0. The fourth-order valence-corrected chi connectivity index (χ4v) is 7.85. The standard InChI is InChI=1S/2C21H23N7O2.C13H13ClN4O.C8H11N3O.CH4/c2*1-13-11-24-18(27-17-8-7-14(12-25-17)21(30)28(3)4)10-16(13)26-15-6-5-9-23-19(15)20(29)22-2;1-8-7-17-11(14)6-10(8)18-9-4-3-5-16-12(9)13(19)15-2;1-11(2)8(12)6-3-4-7(9)10-5-6;/h2*5-12H,1-4H3,(H,22,29)(H2,24,25,26,27);3-7H,1-2H3,(H,15,19)(H,17,18);3-5H,1-2H3,(H2,9,10);1H4. The first-order valence-electron chi connectivity index (χ1n) is 27.7. The number of aromatic nitrogens is 9. The van der Waals surface area contributed by atoms with Crippen LogP contribution < -0.4 is 48.3 Å². The van der Waals surface area contributed by atoms with Gasteiger partial charge in [0.25, 0.3) is 35.4 Å². The monoisotopic (exact) mass is 1270 g/mol. The van der Waals surface area contributed by atoms with Crippen molar-refractivity contribution in [3.8, 4) is 0 Å². The molecule has 0 aliphatic heterocycles. The number of hydrogen-bond acceptors (Lipinski definition) is 21. The van der Waals surface area contributed by atoms with Crippen LogP contribution in [0.3, 0.4) is 0 Å². The zero-order valence-corrected chi connectivity index (χ0v) is 52.9. The summed E-state index contributed by atoms with van der Waals surface area (Å²) in [5, 5.41) is 24.0. The summed E-state index contributed by atoms with van der Waals surface area (Å²) < 4.78 is 0. The molecular formula is C64H74ClN21O6. The molecule has 10 N–H and O–H groups in total. The predicted octanol–water partition coefficient (Wildman–Crippen LogP) is 9.00. The van der Waals surface area contributed by atoms with Crippen LogP contribution in [0.15, 0.2) is 147 Å². The van der Waals surface area contributed by atoms with E-state index in [9.17, 15) is 28.8 Å². The molecule has 9 aromatic heterocycles. The molecule has 478 valence electrons. The van der Waals surface area contributed by atoms with Gasteiger partial charge in [-0.05, 0) is 116 Å². The van der Waals surface area contributed by atoms with Crippen LogP contribution in [0, 0.1) is 20.8 Å². The lowest BCUT2D eigenvalue weighted by Crippen LogP contribution is -2.21. The number of rotatable bonds is 16. The van der Waals surface area contributed by atoms with E-state index >= 15 is 0 Å². The van der Waals surface area contributed by atoms with Crippen LogP contribution in [-0.4, -0.2) is 158 Å². The molecule has 28 heteroatoms. The van der Waals surface area contributed by atoms with E-state index in [0.717, 1.165) is 33.8 Å². The molecular weight excluding hydrogens is 1190 g/mol. The Morgan fingerprint density at radius 1 is 0.380 bits per heavy atom. The summed E-state index contributed by atoms with van der Waals surface area (Å²) in [5.74, 6) is 1.56. The van der Waals surface area contributed by atoms with Crippen molar-refractivity contribution < 1.29 is 28.8 Å². The van der Waals surface area contributed by atoms with Gasteiger partial charge in [-0.15, -0.1) is 0 Å². The van der Waals surface area contributed by atoms with Crippen molar-refractivity contribution in [1.29, 1.82) is 0 Å². The zero-order valence-electron chi connectivity index (χ0n) is 52.1. The van der Waals surface area contributed by atoms with Gasteiger partial charge >= 0.3 is 0 Å². The summed E-state index contributed by atoms with van der Waals surface area (Å²) >= 11 is 5.87. The van der Waals surface area contributed by atoms with Gasteiger partial charge in [0, 0.05) is 148 Å². The van der Waals surface area contributed by atoms with Crippen LogP contribution in [0.2, 0.25) is 5.15 Å². The molecule has 0 unspecified atom stereocenters. The van der Waals surface area contributed by atoms with Crippen molar-refractivity contribution in [3.05, 3.63) is 202 Å². The molecule has 27 nitrogen and oxygen atoms in total. The van der Waals surface area contributed by atoms with Gasteiger partial charge in [0.05, 0.1) is 33.8 Å². The number of hydrogen-bond donors (Lipinski definition) is 9. The van der Waals surface area contributed by atoms with Gasteiger partial charge in [-0.1, -0.05) is 19.0 Å². The maximum atomic E-state index is 12.1. The summed E-state index contributed by atoms with van der Waals surface area (Å²) in [6, 6.07) is 26.1. The first kappa shape index (κ1) is 71.0. The molecule has 0 aliphatic rings. The first-order chi connectivity index (χ1) is 43.5. The number of pyridine rings is 9. The third kappa shape index (κ3) is 20.2. The van der Waals surface area contributed by atoms with Gasteiger partial charge in [-0.2, -0.15) is 0 Å². The summed E-state index contributed by atoms with van der Waals surface area (Å²) in [4.78, 5) is 113. The van der Waals surface area contributed by atoms with Crippen LogP contribution >= 0.6 is 11.6 Å². The highest BCUT2D eigenvalue weighted by molar-refractivity contribution is 6.29. The van der Waals surface area contributed by atoms with E-state index in [1.54, 1.807) is 179 Å². The molecule has 0 saturated heterocycles. The number of halogens is 1. The first-order valence-corrected chi connectivity index (χ1v) is 28.1. The van der Waals surface area contributed by atoms with Crippen molar-refractivity contribution >= 4 is 110 Å². The lowest BCUT2D eigenvalue weighted by Gasteiger charge is -2.14. The molecule has 0 spiro atoms. The van der Waals surface area contributed by atoms with E-state index in [-0.39, 0.29) is 42.9 Å². The van der Waals surface area contributed by atoms with Crippen molar-refractivity contribution in [2.24, 2.45) is 0 Å². The van der Waals surface area contributed by atoms with Gasteiger partial charge < -0.3 is 63.0 Å². The summed E-state index contributed by atoms with van der Waals surface area (Å²) in [7, 11) is 14.8. The van der Waals surface area contributed by atoms with Gasteiger partial charge in [0.2, 0.25) is 0 Å². The number of nitrogen functional groups attached to an aromatic ring is 1. The van der Waals surface area contributed by atoms with E-state index in [1.807, 2.05) is 32.9 Å². The van der Waals surface area contributed by atoms with Gasteiger partial charge in [0.15, 0.2) is 17.1 Å². The second kappa shape index (κ2) is 34.1. The Labute approximate surface area is 538 Å². The lowest BCUT2D eigenvalue weighted by atomic mass is 10.2. The quantitative estimate of drug-likeness (QED) is 0.0407. The summed E-state index contributed by atoms with van der Waals surface area (Å²) in [6.45, 7) is 5.73. The second-order valence-electron chi connectivity index (χ2n) is 20.1. The van der Waals surface area contributed by atoms with E-state index in [4.69, 9.17) is 17.3 Å². The highest BCUT2D eigenvalue weighted by Crippen LogP contribution is 2.28. The molecule has 9 heterocycles. The van der Waals surface area contributed by atoms with Crippen molar-refractivity contribution in [1.82, 2.24) is 75.5 Å². The Morgan fingerprint density at radius 2 is 0.696 bits per heavy atom. The van der Waals surface area contributed by atoms with Crippen LogP contribution in [-0.2, 0) is 0 Å². The second-order valence-corrected chi connectivity index (χ2v) is 20.5. The largest absolute Gasteiger partial charge is 0.384 e. The maximum absolute atomic E-state index is 12.1. The normalized spacial score (nSPS) is 10.0. The molecule has 0 fully saturated rings. The molecule has 92 heavy (non-hydrogen) atoms. The van der Waals surface area contributed by atoms with Crippen LogP contribution in [0.5, 0.6) is 0 Å². The number of carbonyl (C=O) groups excluding carboxylic acids is 6. The molecule has 0 saturated carbocycles. The maximum Gasteiger partial charge on any atom is 0.271 e. The number of anilines is 11. The third-order valence-electron chi connectivity index (χ3n) is 12.6. The Morgan fingerprint density at radius 3 is 1.00 bits per heavy atom. The summed E-state index contributed by atoms with van der Waals surface area (Å²) in [5.41, 5.74) is 14.7. The SMILES string of the molecule is C.CN(C)C(=O)c1ccc(N)nc1.CNC(=O)c1ncccc1Nc1cc(Cl)ncc1C.CNC(=O)c1ncccc1Nc1cc(Nc2ccc(C(=O)N(C)C)cn2)ncc1C.CNC(=O)c1ncccc1Nc1cc(Nc2ccc(C(=O)N(C)C)cn2)ncc1C. The Bertz CT molecular complexity index is 3830. The number of amides is 6. The minimum Gasteiger partial charge on any atom is -0.384 e. The smallest absolute Gasteiger partial charge is 0.271 e. The molecule has 0 atom stereocenters. The van der Waals surface area contributed by atoms with Crippen LogP contribution in [0.1, 0.15) is 86.7 Å². The molecule has 0 aromatic carbocycles. The Kier molecular flexibility index (Phi) is 26.3. The van der Waals surface area contributed by atoms with Gasteiger partial charge in [-0.3, -0.25) is 28.8 Å². The number of aryl methyl sites for hydroxylation is 3. The Hall–Kier alpha value is -11.7. The summed E-state index contributed by atoms with van der Waals surface area (Å²) in [6.07, 6.45) is 14.3. The fourth-order valence-electron chi connectivity index (χ4n) is 7.70. The molecule has 9 aromatic rings. The van der Waals surface area contributed by atoms with Crippen molar-refractivity contribution in [2.75, 3.05) is 95.7 Å². The molecule has 0 aliphatic carbocycles. The number of nitrogens with two attached hydrogens (primary N) is 1. The van der Waals surface area contributed by atoms with E-state index in [2.05, 4.69) is 87.4 Å². The van der Waals surface area contributed by atoms with Crippen molar-refractivity contribution in [3.63, 3.8) is 0 Å². The molecule has 0 radical (unpaired) electrons. The lowest BCUT2D eigenvalue weighted by molar-refractivity contribution is 0.0820. The highest BCUT2D eigenvalue weighted by Gasteiger charge is 2.17. The average Bonchev–Trinajstić information content (AvgIpc) is 1.09. The topological polar surface area (TPSA) is 350 Å². The number of nitrogens with one attached hydrogen (secondary N) is 8. The number of nitrogens with zero attached hydrogens (tertiary/aromatic N) is 12. The number of carbonyl (C=O) groups is 6. The molecule has 0 bridgehead atoms. The molecule has 6 amide bonds. The van der Waals surface area contributed by atoms with E-state index < -0.39 is 0 Å². The highest BCUT2D eigenvalue weighted by atomic mass is 35.5. The predicted molar refractivity (Wildman–Crippen MR) is 359 cm³/mol. The average molecular weight is 1270 g/mol. The van der Waals surface area contributed by atoms with Crippen LogP contribution in [0.25, 0.3) is 0 Å². The molecule has 9 rings (SSSR count). The minimum atomic E-state index is -0.278. The third-order valence-corrected chi connectivity index (χ3v) is 12.8. The Balaban J connectivity index is 0.000000233. The zero-order chi connectivity index (χ0) is 66.3.